The molecular weight excluding hydrogens is 254 g/mol. The summed E-state index contributed by atoms with van der Waals surface area (Å²) in [7, 11) is -0.284. The topological polar surface area (TPSA) is 23.9 Å². The van der Waals surface area contributed by atoms with Crippen LogP contribution in [0, 0.1) is 4.78 Å². The Hall–Kier alpha value is 0.590. The van der Waals surface area contributed by atoms with Gasteiger partial charge in [-0.2, -0.15) is 0 Å². The monoisotopic (exact) mass is 259 g/mol. The van der Waals surface area contributed by atoms with Gasteiger partial charge in [-0.05, 0) is 10.8 Å². The van der Waals surface area contributed by atoms with Crippen molar-refractivity contribution in [1.29, 1.82) is 4.78 Å². The highest BCUT2D eigenvalue weighted by Crippen LogP contribution is 1.96. The summed E-state index contributed by atoms with van der Waals surface area (Å²) in [6.07, 6.45) is 3.80. The minimum absolute atomic E-state index is 0. The minimum Gasteiger partial charge on any atom is -0.272 e. The van der Waals surface area contributed by atoms with Crippen LogP contribution in [0.1, 0.15) is 0 Å². The van der Waals surface area contributed by atoms with E-state index in [0.717, 1.165) is 0 Å². The number of hydrogen-bond donors (Lipinski definition) is 1. The summed E-state index contributed by atoms with van der Waals surface area (Å²) < 4.78 is 6.99. The minimum atomic E-state index is -0.284. The maximum atomic E-state index is 6.99. The highest BCUT2D eigenvalue weighted by molar-refractivity contribution is 8.93. The van der Waals surface area contributed by atoms with E-state index in [2.05, 4.69) is 0 Å². The number of nitrogens with one attached hydrogen (secondary N) is 1. The van der Waals surface area contributed by atoms with Crippen molar-refractivity contribution >= 4 is 44.7 Å². The molecule has 0 aliphatic carbocycles. The lowest BCUT2D eigenvalue weighted by molar-refractivity contribution is 1.65. The predicted molar refractivity (Wildman–Crippen MR) is 49.0 cm³/mol. The summed E-state index contributed by atoms with van der Waals surface area (Å²) >= 11 is 0. The number of hydrogen-bond acceptors (Lipinski definition) is 1. The SMILES string of the molecule is Br.Br.N=S1C=CC=C1. The molecular formula is C4H7Br2NS. The fraction of sp³-hybridized carbons (Fsp3) is 0. The van der Waals surface area contributed by atoms with Crippen LogP contribution in [0.25, 0.3) is 0 Å². The molecule has 1 N–H and O–H groups in total. The second kappa shape index (κ2) is 5.72. The van der Waals surface area contributed by atoms with Gasteiger partial charge in [0.2, 0.25) is 0 Å². The van der Waals surface area contributed by atoms with Crippen LogP contribution in [-0.4, -0.2) is 0 Å². The molecule has 1 heterocycles. The van der Waals surface area contributed by atoms with Gasteiger partial charge >= 0.3 is 0 Å². The predicted octanol–water partition coefficient (Wildman–Crippen LogP) is 2.56. The Bertz CT molecular complexity index is 116. The summed E-state index contributed by atoms with van der Waals surface area (Å²) in [4.78, 5) is 0. The van der Waals surface area contributed by atoms with Crippen molar-refractivity contribution in [3.05, 3.63) is 23.0 Å². The molecule has 0 atom stereocenters. The van der Waals surface area contributed by atoms with E-state index in [9.17, 15) is 0 Å². The zero-order chi connectivity index (χ0) is 4.41. The van der Waals surface area contributed by atoms with Crippen LogP contribution in [-0.2, 0) is 10.7 Å². The van der Waals surface area contributed by atoms with Gasteiger partial charge in [0.25, 0.3) is 0 Å². The van der Waals surface area contributed by atoms with Crippen LogP contribution in [0.2, 0.25) is 0 Å². The van der Waals surface area contributed by atoms with Crippen molar-refractivity contribution in [2.24, 2.45) is 0 Å². The van der Waals surface area contributed by atoms with Gasteiger partial charge in [0.05, 0.1) is 0 Å². The van der Waals surface area contributed by atoms with E-state index in [1.807, 2.05) is 23.0 Å². The molecule has 0 unspecified atom stereocenters. The van der Waals surface area contributed by atoms with E-state index in [1.165, 1.54) is 0 Å². The second-order valence-corrected chi connectivity index (χ2v) is 2.32. The third-order valence-electron chi connectivity index (χ3n) is 0.561. The molecule has 1 aliphatic heterocycles. The van der Waals surface area contributed by atoms with Gasteiger partial charge in [-0.3, -0.25) is 4.78 Å². The average Bonchev–Trinajstić information content (AvgIpc) is 1.86. The van der Waals surface area contributed by atoms with Crippen molar-refractivity contribution in [2.75, 3.05) is 0 Å². The quantitative estimate of drug-likeness (QED) is 0.692. The molecule has 0 aromatic rings. The second-order valence-electron chi connectivity index (χ2n) is 1.03. The van der Waals surface area contributed by atoms with Crippen LogP contribution >= 0.6 is 34.0 Å². The normalized spacial score (nSPS) is 15.0. The standard InChI is InChI=1S/C4H5NS.2BrH/c5-6-3-1-2-4-6;;/h1-5H;2*1H. The van der Waals surface area contributed by atoms with Crippen LogP contribution in [0.3, 0.4) is 0 Å². The van der Waals surface area contributed by atoms with Gasteiger partial charge in [0.15, 0.2) is 0 Å². The fourth-order valence-electron chi connectivity index (χ4n) is 0.305. The van der Waals surface area contributed by atoms with E-state index in [0.29, 0.717) is 0 Å². The van der Waals surface area contributed by atoms with E-state index in [1.54, 1.807) is 0 Å². The van der Waals surface area contributed by atoms with Crippen molar-refractivity contribution in [3.63, 3.8) is 0 Å². The van der Waals surface area contributed by atoms with Gasteiger partial charge in [-0.15, -0.1) is 34.0 Å². The molecule has 0 bridgehead atoms. The van der Waals surface area contributed by atoms with Gasteiger partial charge in [-0.25, -0.2) is 0 Å². The molecule has 0 saturated heterocycles. The van der Waals surface area contributed by atoms with Crippen molar-refractivity contribution < 1.29 is 0 Å². The molecule has 0 radical (unpaired) electrons. The molecule has 0 amide bonds. The Labute approximate surface area is 72.3 Å². The number of halogens is 2. The van der Waals surface area contributed by atoms with Crippen molar-refractivity contribution in [1.82, 2.24) is 0 Å². The zero-order valence-corrected chi connectivity index (χ0v) is 8.28. The van der Waals surface area contributed by atoms with E-state index < -0.39 is 0 Å². The molecule has 48 valence electrons. The number of rotatable bonds is 0. The van der Waals surface area contributed by atoms with Crippen LogP contribution in [0.5, 0.6) is 0 Å². The lowest BCUT2D eigenvalue weighted by atomic mass is 10.6. The van der Waals surface area contributed by atoms with Gasteiger partial charge in [0.1, 0.15) is 0 Å². The van der Waals surface area contributed by atoms with E-state index >= 15 is 0 Å². The Kier molecular flexibility index (Phi) is 8.15. The Morgan fingerprint density at radius 3 is 1.50 bits per heavy atom. The Balaban J connectivity index is 0. The Morgan fingerprint density at radius 2 is 1.38 bits per heavy atom. The molecule has 1 aliphatic rings. The van der Waals surface area contributed by atoms with Crippen molar-refractivity contribution in [2.45, 2.75) is 0 Å². The lowest BCUT2D eigenvalue weighted by Gasteiger charge is -1.72. The zero-order valence-electron chi connectivity index (χ0n) is 4.03. The molecule has 1 nitrogen and oxygen atoms in total. The average molecular weight is 261 g/mol. The first-order valence-electron chi connectivity index (χ1n) is 1.68. The Morgan fingerprint density at radius 1 is 1.00 bits per heavy atom. The first-order valence-corrected chi connectivity index (χ1v) is 3.03. The van der Waals surface area contributed by atoms with E-state index in [4.69, 9.17) is 4.78 Å². The smallest absolute Gasteiger partial charge is 0.0140 e. The third kappa shape index (κ3) is 3.57. The highest BCUT2D eigenvalue weighted by Gasteiger charge is 1.81. The van der Waals surface area contributed by atoms with Crippen LogP contribution < -0.4 is 0 Å². The van der Waals surface area contributed by atoms with Gasteiger partial charge in [-0.1, -0.05) is 22.8 Å². The molecule has 0 spiro atoms. The van der Waals surface area contributed by atoms with E-state index in [-0.39, 0.29) is 44.7 Å². The highest BCUT2D eigenvalue weighted by atomic mass is 79.9. The maximum Gasteiger partial charge on any atom is -0.0140 e. The maximum absolute atomic E-state index is 6.99. The fourth-order valence-corrected chi connectivity index (χ4v) is 0.916. The summed E-state index contributed by atoms with van der Waals surface area (Å²) in [5, 5.41) is 3.72. The van der Waals surface area contributed by atoms with Crippen LogP contribution in [0.15, 0.2) is 23.0 Å². The summed E-state index contributed by atoms with van der Waals surface area (Å²) in [5.41, 5.74) is 0. The molecule has 0 aromatic heterocycles. The van der Waals surface area contributed by atoms with Crippen LogP contribution in [0.4, 0.5) is 0 Å². The first-order chi connectivity index (χ1) is 2.89. The lowest BCUT2D eigenvalue weighted by Crippen LogP contribution is -1.58. The molecule has 0 saturated carbocycles. The first kappa shape index (κ1) is 11.4. The third-order valence-corrected chi connectivity index (χ3v) is 1.46. The molecule has 4 heteroatoms. The molecule has 1 rings (SSSR count). The largest absolute Gasteiger partial charge is 0.272 e. The molecule has 8 heavy (non-hydrogen) atoms. The summed E-state index contributed by atoms with van der Waals surface area (Å²) in [6, 6.07) is 0. The van der Waals surface area contributed by atoms with Gasteiger partial charge < -0.3 is 0 Å². The van der Waals surface area contributed by atoms with Crippen molar-refractivity contribution in [3.8, 4) is 0 Å². The number of allylic oxidation sites excluding steroid dienone is 2. The summed E-state index contributed by atoms with van der Waals surface area (Å²) in [6.45, 7) is 0. The summed E-state index contributed by atoms with van der Waals surface area (Å²) in [5.74, 6) is 0. The molecule has 0 aromatic carbocycles. The molecule has 0 fully saturated rings. The van der Waals surface area contributed by atoms with Gasteiger partial charge in [0, 0.05) is 0 Å².